The predicted molar refractivity (Wildman–Crippen MR) is 85.6 cm³/mol. The molecule has 1 aromatic rings. The number of piperazine rings is 1. The number of carbonyl (C=O) groups is 1. The topological polar surface area (TPSA) is 98.4 Å². The highest BCUT2D eigenvalue weighted by molar-refractivity contribution is 7.91. The smallest absolute Gasteiger partial charge is 0.236 e. The van der Waals surface area contributed by atoms with Gasteiger partial charge in [0.1, 0.15) is 0 Å². The van der Waals surface area contributed by atoms with Gasteiger partial charge in [-0.3, -0.25) is 9.69 Å². The number of sulfone groups is 1. The summed E-state index contributed by atoms with van der Waals surface area (Å²) >= 11 is 0. The monoisotopic (exact) mass is 341 g/mol. The summed E-state index contributed by atoms with van der Waals surface area (Å²) in [6.07, 6.45) is 1.65. The molecular formula is C14H23N5O3S. The number of rotatable bonds is 4. The zero-order valence-corrected chi connectivity index (χ0v) is 14.3. The molecule has 1 aromatic heterocycles. The van der Waals surface area contributed by atoms with E-state index in [0.717, 1.165) is 11.4 Å². The van der Waals surface area contributed by atoms with Crippen molar-refractivity contribution < 1.29 is 13.2 Å². The fourth-order valence-corrected chi connectivity index (χ4v) is 5.53. The number of likely N-dealkylation sites (N-methyl/N-ethyl adjacent to an activating group) is 1. The van der Waals surface area contributed by atoms with Gasteiger partial charge in [0, 0.05) is 31.4 Å². The first-order valence-electron chi connectivity index (χ1n) is 7.78. The number of hydrogen-bond acceptors (Lipinski definition) is 6. The molecule has 2 saturated heterocycles. The summed E-state index contributed by atoms with van der Waals surface area (Å²) in [7, 11) is -1.40. The number of aromatic amines is 1. The van der Waals surface area contributed by atoms with Gasteiger partial charge in [-0.25, -0.2) is 13.4 Å². The van der Waals surface area contributed by atoms with Crippen molar-refractivity contribution in [2.75, 3.05) is 38.2 Å². The summed E-state index contributed by atoms with van der Waals surface area (Å²) in [5.41, 5.74) is 1.93. The first-order valence-corrected chi connectivity index (χ1v) is 9.61. The lowest BCUT2D eigenvalue weighted by Crippen LogP contribution is -2.61. The molecule has 3 rings (SSSR count). The van der Waals surface area contributed by atoms with E-state index in [-0.39, 0.29) is 36.0 Å². The van der Waals surface area contributed by atoms with Crippen LogP contribution in [0.2, 0.25) is 0 Å². The van der Waals surface area contributed by atoms with Crippen molar-refractivity contribution in [1.29, 1.82) is 0 Å². The van der Waals surface area contributed by atoms with Crippen LogP contribution in [0.5, 0.6) is 0 Å². The van der Waals surface area contributed by atoms with E-state index in [1.54, 1.807) is 18.3 Å². The van der Waals surface area contributed by atoms with Crippen molar-refractivity contribution >= 4 is 15.7 Å². The minimum absolute atomic E-state index is 0.0322. The second-order valence-corrected chi connectivity index (χ2v) is 8.43. The third-order valence-corrected chi connectivity index (χ3v) is 6.43. The van der Waals surface area contributed by atoms with E-state index in [1.165, 1.54) is 0 Å². The van der Waals surface area contributed by atoms with Crippen LogP contribution in [-0.2, 0) is 21.2 Å². The minimum Gasteiger partial charge on any atom is -0.348 e. The average Bonchev–Trinajstić information content (AvgIpc) is 3.02. The third kappa shape index (κ3) is 3.26. The molecule has 1 amide bonds. The van der Waals surface area contributed by atoms with Gasteiger partial charge < -0.3 is 15.2 Å². The summed E-state index contributed by atoms with van der Waals surface area (Å²) < 4.78 is 24.3. The number of hydrogen-bond donors (Lipinski definition) is 2. The highest BCUT2D eigenvalue weighted by atomic mass is 32.2. The number of aromatic nitrogens is 2. The number of fused-ring (bicyclic) bond motifs is 1. The molecule has 2 fully saturated rings. The van der Waals surface area contributed by atoms with Gasteiger partial charge in [0.15, 0.2) is 9.84 Å². The molecule has 0 aromatic carbocycles. The van der Waals surface area contributed by atoms with Crippen LogP contribution < -0.4 is 5.32 Å². The molecule has 3 heterocycles. The molecule has 0 aliphatic carbocycles. The summed E-state index contributed by atoms with van der Waals surface area (Å²) in [5, 5.41) is 2.85. The summed E-state index contributed by atoms with van der Waals surface area (Å²) in [5.74, 6) is 0.142. The molecule has 0 radical (unpaired) electrons. The average molecular weight is 341 g/mol. The van der Waals surface area contributed by atoms with Crippen molar-refractivity contribution in [2.24, 2.45) is 0 Å². The Balaban J connectivity index is 1.81. The van der Waals surface area contributed by atoms with Gasteiger partial charge in [-0.2, -0.15) is 0 Å². The Hall–Kier alpha value is -1.45. The van der Waals surface area contributed by atoms with E-state index in [9.17, 15) is 13.2 Å². The van der Waals surface area contributed by atoms with Gasteiger partial charge >= 0.3 is 0 Å². The standard InChI is InChI=1S/C14H23N5O3S/c1-10-11(17-9-16-10)6-18-3-4-19(14(20)5-15-2)13-8-23(21,22)7-12(13)18/h9,12-13,15H,3-8H2,1-2H3,(H,16,17)/t12-,13+/m1/s1. The molecule has 9 heteroatoms. The van der Waals surface area contributed by atoms with Crippen LogP contribution in [-0.4, -0.2) is 84.4 Å². The number of nitrogens with zero attached hydrogens (tertiary/aromatic N) is 3. The van der Waals surface area contributed by atoms with E-state index >= 15 is 0 Å². The van der Waals surface area contributed by atoms with Gasteiger partial charge in [-0.15, -0.1) is 0 Å². The highest BCUT2D eigenvalue weighted by Crippen LogP contribution is 2.28. The maximum absolute atomic E-state index is 12.3. The molecule has 0 bridgehead atoms. The lowest BCUT2D eigenvalue weighted by Gasteiger charge is -2.43. The quantitative estimate of drug-likeness (QED) is 0.710. The van der Waals surface area contributed by atoms with Crippen molar-refractivity contribution in [1.82, 2.24) is 25.1 Å². The number of H-pyrrole nitrogens is 1. The molecule has 2 aliphatic heterocycles. The number of imidazole rings is 1. The Morgan fingerprint density at radius 2 is 2.13 bits per heavy atom. The van der Waals surface area contributed by atoms with Crippen LogP contribution in [0.25, 0.3) is 0 Å². The minimum atomic E-state index is -3.12. The second-order valence-electron chi connectivity index (χ2n) is 6.27. The Bertz CT molecular complexity index is 686. The van der Waals surface area contributed by atoms with Gasteiger partial charge in [0.2, 0.25) is 5.91 Å². The van der Waals surface area contributed by atoms with Crippen LogP contribution in [0.4, 0.5) is 0 Å². The zero-order valence-electron chi connectivity index (χ0n) is 13.4. The summed E-state index contributed by atoms with van der Waals surface area (Å²) in [6.45, 7) is 4.03. The fraction of sp³-hybridized carbons (Fsp3) is 0.714. The van der Waals surface area contributed by atoms with E-state index < -0.39 is 9.84 Å². The van der Waals surface area contributed by atoms with E-state index in [2.05, 4.69) is 20.2 Å². The van der Waals surface area contributed by atoms with Crippen molar-refractivity contribution in [2.45, 2.75) is 25.6 Å². The molecule has 2 atom stereocenters. The number of amides is 1. The van der Waals surface area contributed by atoms with Crippen LogP contribution >= 0.6 is 0 Å². The summed E-state index contributed by atoms with van der Waals surface area (Å²) in [4.78, 5) is 23.5. The maximum Gasteiger partial charge on any atom is 0.236 e. The maximum atomic E-state index is 12.3. The first-order chi connectivity index (χ1) is 10.9. The Morgan fingerprint density at radius 1 is 1.39 bits per heavy atom. The largest absolute Gasteiger partial charge is 0.348 e. The zero-order chi connectivity index (χ0) is 16.6. The number of aryl methyl sites for hydroxylation is 1. The molecule has 2 aliphatic rings. The summed E-state index contributed by atoms with van der Waals surface area (Å²) in [6, 6.07) is -0.403. The van der Waals surface area contributed by atoms with Crippen LogP contribution in [0, 0.1) is 6.92 Å². The van der Waals surface area contributed by atoms with E-state index in [4.69, 9.17) is 0 Å². The van der Waals surface area contributed by atoms with Crippen molar-refractivity contribution in [3.8, 4) is 0 Å². The van der Waals surface area contributed by atoms with Crippen LogP contribution in [0.1, 0.15) is 11.4 Å². The SMILES string of the molecule is CNCC(=O)N1CCN(Cc2nc[nH]c2C)[C@@H]2CS(=O)(=O)C[C@@H]21. The highest BCUT2D eigenvalue weighted by Gasteiger charge is 2.47. The fourth-order valence-electron chi connectivity index (χ4n) is 3.52. The molecule has 8 nitrogen and oxygen atoms in total. The molecule has 23 heavy (non-hydrogen) atoms. The molecule has 2 N–H and O–H groups in total. The van der Waals surface area contributed by atoms with Gasteiger partial charge in [0.25, 0.3) is 0 Å². The number of carbonyl (C=O) groups excluding carboxylic acids is 1. The lowest BCUT2D eigenvalue weighted by molar-refractivity contribution is -0.136. The van der Waals surface area contributed by atoms with Crippen molar-refractivity contribution in [3.63, 3.8) is 0 Å². The Kier molecular flexibility index (Phi) is 4.43. The second kappa shape index (κ2) is 6.21. The normalized spacial score (nSPS) is 27.1. The van der Waals surface area contributed by atoms with Gasteiger partial charge in [-0.1, -0.05) is 0 Å². The Morgan fingerprint density at radius 3 is 2.78 bits per heavy atom. The molecular weight excluding hydrogens is 318 g/mol. The first kappa shape index (κ1) is 16.4. The van der Waals surface area contributed by atoms with Crippen LogP contribution in [0.3, 0.4) is 0 Å². The number of nitrogens with one attached hydrogen (secondary N) is 2. The third-order valence-electron chi connectivity index (χ3n) is 4.73. The Labute approximate surface area is 136 Å². The lowest BCUT2D eigenvalue weighted by atomic mass is 10.0. The molecule has 128 valence electrons. The molecule has 0 unspecified atom stereocenters. The van der Waals surface area contributed by atoms with Gasteiger partial charge in [-0.05, 0) is 14.0 Å². The van der Waals surface area contributed by atoms with Crippen molar-refractivity contribution in [3.05, 3.63) is 17.7 Å². The van der Waals surface area contributed by atoms with E-state index in [0.29, 0.717) is 19.6 Å². The predicted octanol–water partition coefficient (Wildman–Crippen LogP) is -1.25. The van der Waals surface area contributed by atoms with Gasteiger partial charge in [0.05, 0.1) is 36.1 Å². The molecule has 0 saturated carbocycles. The molecule has 0 spiro atoms. The van der Waals surface area contributed by atoms with Crippen LogP contribution in [0.15, 0.2) is 6.33 Å². The van der Waals surface area contributed by atoms with E-state index in [1.807, 2.05) is 6.92 Å².